The van der Waals surface area contributed by atoms with Crippen molar-refractivity contribution in [1.29, 1.82) is 0 Å². The SMILES string of the molecule is C=Cc1ccc(C[C@@]2(CO)CO2)cc1. The van der Waals surface area contributed by atoms with Crippen molar-refractivity contribution in [2.75, 3.05) is 13.2 Å². The van der Waals surface area contributed by atoms with E-state index < -0.39 is 0 Å². The summed E-state index contributed by atoms with van der Waals surface area (Å²) in [4.78, 5) is 0. The van der Waals surface area contributed by atoms with E-state index in [2.05, 4.69) is 18.7 Å². The van der Waals surface area contributed by atoms with E-state index in [1.807, 2.05) is 18.2 Å². The Hall–Kier alpha value is -1.12. The van der Waals surface area contributed by atoms with Gasteiger partial charge in [-0.3, -0.25) is 0 Å². The predicted molar refractivity (Wildman–Crippen MR) is 56.0 cm³/mol. The van der Waals surface area contributed by atoms with Crippen LogP contribution >= 0.6 is 0 Å². The zero-order chi connectivity index (χ0) is 10.0. The minimum Gasteiger partial charge on any atom is -0.393 e. The van der Waals surface area contributed by atoms with Crippen molar-refractivity contribution in [3.8, 4) is 0 Å². The second-order valence-corrected chi connectivity index (χ2v) is 3.75. The van der Waals surface area contributed by atoms with Gasteiger partial charge in [0.2, 0.25) is 0 Å². The lowest BCUT2D eigenvalue weighted by Gasteiger charge is -2.07. The van der Waals surface area contributed by atoms with Crippen molar-refractivity contribution in [1.82, 2.24) is 0 Å². The molecule has 1 aliphatic heterocycles. The molecule has 1 saturated heterocycles. The van der Waals surface area contributed by atoms with Crippen LogP contribution in [0.1, 0.15) is 11.1 Å². The van der Waals surface area contributed by atoms with Crippen LogP contribution in [-0.4, -0.2) is 23.9 Å². The van der Waals surface area contributed by atoms with Gasteiger partial charge in [0.15, 0.2) is 0 Å². The standard InChI is InChI=1S/C12H14O2/c1-2-10-3-5-11(6-4-10)7-12(8-13)9-14-12/h2-6,13H,1,7-9H2/t12-/m1/s1. The van der Waals surface area contributed by atoms with Gasteiger partial charge in [0, 0.05) is 6.42 Å². The predicted octanol–water partition coefficient (Wildman–Crippen LogP) is 1.63. The Bertz CT molecular complexity index is 323. The molecule has 74 valence electrons. The summed E-state index contributed by atoms with van der Waals surface area (Å²) in [6.45, 7) is 4.48. The van der Waals surface area contributed by atoms with Gasteiger partial charge in [-0.05, 0) is 11.1 Å². The molecule has 2 rings (SSSR count). The highest BCUT2D eigenvalue weighted by Crippen LogP contribution is 2.30. The molecule has 14 heavy (non-hydrogen) atoms. The lowest BCUT2D eigenvalue weighted by Crippen LogP contribution is -2.19. The molecule has 2 heteroatoms. The molecule has 1 heterocycles. The summed E-state index contributed by atoms with van der Waals surface area (Å²) in [6.07, 6.45) is 2.61. The first-order valence-corrected chi connectivity index (χ1v) is 4.74. The quantitative estimate of drug-likeness (QED) is 0.732. The first-order chi connectivity index (χ1) is 6.78. The maximum Gasteiger partial charge on any atom is 0.118 e. The van der Waals surface area contributed by atoms with E-state index in [0.29, 0.717) is 6.61 Å². The van der Waals surface area contributed by atoms with Crippen molar-refractivity contribution in [3.63, 3.8) is 0 Å². The molecule has 1 aliphatic rings. The molecule has 0 saturated carbocycles. The van der Waals surface area contributed by atoms with E-state index >= 15 is 0 Å². The normalized spacial score (nSPS) is 24.6. The second kappa shape index (κ2) is 3.56. The Morgan fingerprint density at radius 3 is 2.50 bits per heavy atom. The van der Waals surface area contributed by atoms with E-state index in [1.54, 1.807) is 0 Å². The summed E-state index contributed by atoms with van der Waals surface area (Å²) in [5.41, 5.74) is 2.03. The summed E-state index contributed by atoms with van der Waals surface area (Å²) in [5, 5.41) is 9.08. The van der Waals surface area contributed by atoms with Crippen LogP contribution in [0.15, 0.2) is 30.8 Å². The Morgan fingerprint density at radius 1 is 1.43 bits per heavy atom. The highest BCUT2D eigenvalue weighted by molar-refractivity contribution is 5.47. The zero-order valence-electron chi connectivity index (χ0n) is 8.07. The van der Waals surface area contributed by atoms with Gasteiger partial charge in [0.05, 0.1) is 13.2 Å². The molecule has 0 aliphatic carbocycles. The van der Waals surface area contributed by atoms with Gasteiger partial charge in [-0.25, -0.2) is 0 Å². The van der Waals surface area contributed by atoms with Gasteiger partial charge in [0.1, 0.15) is 5.60 Å². The topological polar surface area (TPSA) is 32.8 Å². The van der Waals surface area contributed by atoms with E-state index in [0.717, 1.165) is 12.0 Å². The molecule has 2 nitrogen and oxygen atoms in total. The molecule has 1 N–H and O–H groups in total. The summed E-state index contributed by atoms with van der Waals surface area (Å²) < 4.78 is 5.24. The van der Waals surface area contributed by atoms with Gasteiger partial charge < -0.3 is 9.84 Å². The zero-order valence-corrected chi connectivity index (χ0v) is 8.07. The fourth-order valence-corrected chi connectivity index (χ4v) is 1.49. The fraction of sp³-hybridized carbons (Fsp3) is 0.333. The molecule has 1 atom stereocenters. The molecular formula is C12H14O2. The van der Waals surface area contributed by atoms with Gasteiger partial charge in [-0.1, -0.05) is 36.9 Å². The van der Waals surface area contributed by atoms with Crippen LogP contribution < -0.4 is 0 Å². The first-order valence-electron chi connectivity index (χ1n) is 4.74. The van der Waals surface area contributed by atoms with Gasteiger partial charge >= 0.3 is 0 Å². The number of benzene rings is 1. The smallest absolute Gasteiger partial charge is 0.118 e. The molecule has 0 bridgehead atoms. The van der Waals surface area contributed by atoms with Gasteiger partial charge in [-0.15, -0.1) is 0 Å². The molecule has 0 aromatic heterocycles. The van der Waals surface area contributed by atoms with Crippen molar-refractivity contribution in [2.45, 2.75) is 12.0 Å². The van der Waals surface area contributed by atoms with Crippen LogP contribution in [0.4, 0.5) is 0 Å². The van der Waals surface area contributed by atoms with E-state index in [9.17, 15) is 0 Å². The minimum atomic E-state index is -0.282. The summed E-state index contributed by atoms with van der Waals surface area (Å²) >= 11 is 0. The third-order valence-corrected chi connectivity index (χ3v) is 2.58. The first kappa shape index (κ1) is 9.44. The lowest BCUT2D eigenvalue weighted by atomic mass is 10.00. The molecule has 0 radical (unpaired) electrons. The monoisotopic (exact) mass is 190 g/mol. The lowest BCUT2D eigenvalue weighted by molar-refractivity contribution is 0.171. The average Bonchev–Trinajstić information content (AvgIpc) is 3.00. The van der Waals surface area contributed by atoms with Crippen LogP contribution in [0.25, 0.3) is 6.08 Å². The molecule has 1 aromatic carbocycles. The minimum absolute atomic E-state index is 0.107. The highest BCUT2D eigenvalue weighted by atomic mass is 16.6. The summed E-state index contributed by atoms with van der Waals surface area (Å²) in [5.74, 6) is 0. The van der Waals surface area contributed by atoms with Crippen molar-refractivity contribution in [3.05, 3.63) is 42.0 Å². The molecule has 0 spiro atoms. The molecule has 1 fully saturated rings. The van der Waals surface area contributed by atoms with E-state index in [4.69, 9.17) is 9.84 Å². The van der Waals surface area contributed by atoms with Crippen LogP contribution in [0.2, 0.25) is 0 Å². The van der Waals surface area contributed by atoms with Gasteiger partial charge in [-0.2, -0.15) is 0 Å². The van der Waals surface area contributed by atoms with E-state index in [-0.39, 0.29) is 12.2 Å². The number of hydrogen-bond donors (Lipinski definition) is 1. The highest BCUT2D eigenvalue weighted by Gasteiger charge is 2.43. The number of aliphatic hydroxyl groups is 1. The molecule has 0 amide bonds. The number of epoxide rings is 1. The number of rotatable bonds is 4. The number of aliphatic hydroxyl groups excluding tert-OH is 1. The van der Waals surface area contributed by atoms with Crippen molar-refractivity contribution >= 4 is 6.08 Å². The average molecular weight is 190 g/mol. The number of ether oxygens (including phenoxy) is 1. The summed E-state index contributed by atoms with van der Waals surface area (Å²) in [7, 11) is 0. The van der Waals surface area contributed by atoms with Crippen LogP contribution in [0.3, 0.4) is 0 Å². The Balaban J connectivity index is 2.06. The molecule has 1 aromatic rings. The maximum atomic E-state index is 9.08. The molecular weight excluding hydrogens is 176 g/mol. The third-order valence-electron chi connectivity index (χ3n) is 2.58. The van der Waals surface area contributed by atoms with Crippen LogP contribution in [-0.2, 0) is 11.2 Å². The Kier molecular flexibility index (Phi) is 2.40. The van der Waals surface area contributed by atoms with E-state index in [1.165, 1.54) is 5.56 Å². The van der Waals surface area contributed by atoms with Crippen LogP contribution in [0.5, 0.6) is 0 Å². The fourth-order valence-electron chi connectivity index (χ4n) is 1.49. The third kappa shape index (κ3) is 1.86. The van der Waals surface area contributed by atoms with Gasteiger partial charge in [0.25, 0.3) is 0 Å². The Labute approximate surface area is 83.8 Å². The summed E-state index contributed by atoms with van der Waals surface area (Å²) in [6, 6.07) is 8.15. The number of hydrogen-bond acceptors (Lipinski definition) is 2. The Morgan fingerprint density at radius 2 is 2.07 bits per heavy atom. The second-order valence-electron chi connectivity index (χ2n) is 3.75. The maximum absolute atomic E-state index is 9.08. The van der Waals surface area contributed by atoms with Crippen LogP contribution in [0, 0.1) is 0 Å². The largest absolute Gasteiger partial charge is 0.393 e. The van der Waals surface area contributed by atoms with Crippen molar-refractivity contribution < 1.29 is 9.84 Å². The molecule has 0 unspecified atom stereocenters. The van der Waals surface area contributed by atoms with Crippen molar-refractivity contribution in [2.24, 2.45) is 0 Å².